The number of hydrogen-bond donors (Lipinski definition) is 14. The van der Waals surface area contributed by atoms with E-state index in [2.05, 4.69) is 10.6 Å². The van der Waals surface area contributed by atoms with E-state index in [0.29, 0.717) is 0 Å². The first-order valence-corrected chi connectivity index (χ1v) is 16.1. The molecular weight excluding hydrogens is 700 g/mol. The number of aliphatic hydroxyl groups excluding tert-OH is 12. The van der Waals surface area contributed by atoms with Gasteiger partial charge in [0.15, 0.2) is 25.2 Å². The van der Waals surface area contributed by atoms with Gasteiger partial charge in [0.2, 0.25) is 11.8 Å². The van der Waals surface area contributed by atoms with Crippen LogP contribution >= 0.6 is 0 Å². The van der Waals surface area contributed by atoms with Gasteiger partial charge in [-0.1, -0.05) is 0 Å². The Morgan fingerprint density at radius 1 is 0.471 bits per heavy atom. The van der Waals surface area contributed by atoms with Crippen molar-refractivity contribution in [2.45, 2.75) is 137 Å². The van der Waals surface area contributed by atoms with Gasteiger partial charge in [0, 0.05) is 13.8 Å². The number of ether oxygens (including phenoxy) is 7. The lowest BCUT2D eigenvalue weighted by atomic mass is 9.94. The number of rotatable bonds is 12. The lowest BCUT2D eigenvalue weighted by Crippen LogP contribution is -2.70. The number of nitrogens with one attached hydrogen (secondary N) is 2. The molecule has 20 atom stereocenters. The van der Waals surface area contributed by atoms with E-state index in [1.54, 1.807) is 0 Å². The summed E-state index contributed by atoms with van der Waals surface area (Å²) in [6.45, 7) is -1.29. The number of carbonyl (C=O) groups is 2. The highest BCUT2D eigenvalue weighted by Gasteiger charge is 2.56. The number of amides is 2. The number of aliphatic hydroxyl groups is 12. The van der Waals surface area contributed by atoms with Crippen molar-refractivity contribution < 1.29 is 104 Å². The van der Waals surface area contributed by atoms with E-state index < -0.39 is 161 Å². The minimum atomic E-state index is -2.06. The van der Waals surface area contributed by atoms with Crippen LogP contribution in [0.2, 0.25) is 0 Å². The average molecular weight is 749 g/mol. The molecule has 0 unspecified atom stereocenters. The molecule has 51 heavy (non-hydrogen) atoms. The summed E-state index contributed by atoms with van der Waals surface area (Å²) < 4.78 is 39.2. The van der Waals surface area contributed by atoms with Crippen LogP contribution in [0.25, 0.3) is 0 Å². The quantitative estimate of drug-likeness (QED) is 0.0881. The molecule has 4 rings (SSSR count). The van der Waals surface area contributed by atoms with Gasteiger partial charge in [-0.2, -0.15) is 0 Å². The molecule has 23 heteroatoms. The van der Waals surface area contributed by atoms with E-state index in [-0.39, 0.29) is 0 Å². The molecule has 14 N–H and O–H groups in total. The zero-order valence-corrected chi connectivity index (χ0v) is 27.4. The van der Waals surface area contributed by atoms with Crippen molar-refractivity contribution in [3.8, 4) is 0 Å². The van der Waals surface area contributed by atoms with Gasteiger partial charge in [0.05, 0.1) is 26.4 Å². The molecule has 23 nitrogen and oxygen atoms in total. The Labute approximate surface area is 289 Å². The monoisotopic (exact) mass is 748 g/mol. The Morgan fingerprint density at radius 3 is 1.37 bits per heavy atom. The second-order valence-corrected chi connectivity index (χ2v) is 12.6. The molecule has 0 saturated carbocycles. The molecule has 296 valence electrons. The highest BCUT2D eigenvalue weighted by molar-refractivity contribution is 5.73. The largest absolute Gasteiger partial charge is 0.394 e. The molecule has 0 radical (unpaired) electrons. The third-order valence-corrected chi connectivity index (χ3v) is 9.01. The molecule has 2 amide bonds. The third-order valence-electron chi connectivity index (χ3n) is 9.01. The minimum absolute atomic E-state index is 0.681. The Kier molecular flexibility index (Phi) is 14.8. The molecule has 4 saturated heterocycles. The van der Waals surface area contributed by atoms with Gasteiger partial charge in [-0.15, -0.1) is 0 Å². The number of hydrogen-bond acceptors (Lipinski definition) is 21. The highest BCUT2D eigenvalue weighted by atomic mass is 16.8. The first-order chi connectivity index (χ1) is 24.1. The van der Waals surface area contributed by atoms with E-state index in [1.165, 1.54) is 0 Å². The van der Waals surface area contributed by atoms with Crippen molar-refractivity contribution in [3.05, 3.63) is 0 Å². The summed E-state index contributed by atoms with van der Waals surface area (Å²) in [6, 6.07) is -3.05. The van der Waals surface area contributed by atoms with Crippen LogP contribution in [-0.2, 0) is 42.7 Å². The zero-order chi connectivity index (χ0) is 37.9. The molecule has 0 bridgehead atoms. The van der Waals surface area contributed by atoms with Crippen LogP contribution in [0.5, 0.6) is 0 Å². The highest BCUT2D eigenvalue weighted by Crippen LogP contribution is 2.34. The first kappa shape index (κ1) is 41.9. The van der Waals surface area contributed by atoms with Crippen LogP contribution in [-0.4, -0.2) is 222 Å². The maximum atomic E-state index is 12.3. The Morgan fingerprint density at radius 2 is 0.863 bits per heavy atom. The number of carbonyl (C=O) groups excluding carboxylic acids is 2. The molecule has 4 aliphatic heterocycles. The van der Waals surface area contributed by atoms with Crippen molar-refractivity contribution in [1.29, 1.82) is 0 Å². The molecule has 0 spiro atoms. The molecule has 4 heterocycles. The summed E-state index contributed by atoms with van der Waals surface area (Å²) in [5.74, 6) is -1.44. The fourth-order valence-electron chi connectivity index (χ4n) is 6.35. The van der Waals surface area contributed by atoms with Crippen LogP contribution in [0.3, 0.4) is 0 Å². The van der Waals surface area contributed by atoms with Crippen molar-refractivity contribution >= 4 is 11.8 Å². The fraction of sp³-hybridized carbons (Fsp3) is 0.929. The molecular formula is C28H48N2O21. The third kappa shape index (κ3) is 9.11. The van der Waals surface area contributed by atoms with Gasteiger partial charge < -0.3 is 105 Å². The minimum Gasteiger partial charge on any atom is -0.394 e. The first-order valence-electron chi connectivity index (χ1n) is 16.1. The normalized spacial score (nSPS) is 47.8. The van der Waals surface area contributed by atoms with E-state index in [0.717, 1.165) is 13.8 Å². The predicted molar refractivity (Wildman–Crippen MR) is 157 cm³/mol. The van der Waals surface area contributed by atoms with Crippen LogP contribution in [0.1, 0.15) is 13.8 Å². The van der Waals surface area contributed by atoms with Crippen LogP contribution in [0, 0.1) is 0 Å². The maximum Gasteiger partial charge on any atom is 0.217 e. The van der Waals surface area contributed by atoms with Crippen LogP contribution in [0.4, 0.5) is 0 Å². The summed E-state index contributed by atoms with van der Waals surface area (Å²) >= 11 is 0. The van der Waals surface area contributed by atoms with Gasteiger partial charge in [-0.3, -0.25) is 9.59 Å². The molecule has 4 aliphatic rings. The molecule has 0 aromatic heterocycles. The molecule has 0 aliphatic carbocycles. The SMILES string of the molecule is CC(=O)N[C@@H]1[C@@H](O[C@@H]2O[C@H](CO)[C@H](O[C@H]3O[C@H](CO)[C@H](O)[C@H](O[C@@H]4O[C@H](CO)[C@H](O)[C@H](O)[C@H]4O)[C@H]3NC(C)=O)[C@H](O)[C@H]2O)[C@@H](O)[C@@H](CO)O[C@@H]1O. The van der Waals surface area contributed by atoms with E-state index in [9.17, 15) is 70.9 Å². The van der Waals surface area contributed by atoms with E-state index >= 15 is 0 Å². The van der Waals surface area contributed by atoms with Crippen LogP contribution in [0.15, 0.2) is 0 Å². The van der Waals surface area contributed by atoms with Gasteiger partial charge >= 0.3 is 0 Å². The van der Waals surface area contributed by atoms with Crippen molar-refractivity contribution in [2.75, 3.05) is 26.4 Å². The van der Waals surface area contributed by atoms with Gasteiger partial charge in [-0.25, -0.2) is 0 Å². The van der Waals surface area contributed by atoms with Crippen molar-refractivity contribution in [1.82, 2.24) is 10.6 Å². The standard InChI is InChI=1S/C28H48N2O21/c1-7(35)29-13-23(16(38)10(4-32)45-25(13)44)50-28-21(43)19(41)22(12(6-34)48-28)49-26-14(30-8(2)36)24(17(39)11(5-33)46-26)51-27-20(42)18(40)15(37)9(3-31)47-27/h9-28,31-34,37-44H,3-6H2,1-2H3,(H,29,35)(H,30,36)/t9-,10-,11-,12-,13-,14-,15+,16+,17+,18+,19-,20-,21-,22+,23-,24-,25+,26-,27+,28+/m1/s1. The molecule has 0 aromatic rings. The van der Waals surface area contributed by atoms with Crippen LogP contribution < -0.4 is 10.6 Å². The average Bonchev–Trinajstić information content (AvgIpc) is 3.09. The molecule has 4 fully saturated rings. The predicted octanol–water partition coefficient (Wildman–Crippen LogP) is -9.46. The second kappa shape index (κ2) is 18.0. The van der Waals surface area contributed by atoms with E-state index in [1.807, 2.05) is 0 Å². The van der Waals surface area contributed by atoms with Crippen molar-refractivity contribution in [3.63, 3.8) is 0 Å². The summed E-state index contributed by atoms with van der Waals surface area (Å²) in [4.78, 5) is 24.1. The van der Waals surface area contributed by atoms with Gasteiger partial charge in [-0.05, 0) is 0 Å². The lowest BCUT2D eigenvalue weighted by Gasteiger charge is -2.50. The Bertz CT molecular complexity index is 1140. The fourth-order valence-corrected chi connectivity index (χ4v) is 6.35. The van der Waals surface area contributed by atoms with E-state index in [4.69, 9.17) is 33.2 Å². The van der Waals surface area contributed by atoms with Crippen molar-refractivity contribution in [2.24, 2.45) is 0 Å². The smallest absolute Gasteiger partial charge is 0.217 e. The summed E-state index contributed by atoms with van der Waals surface area (Å²) in [5.41, 5.74) is 0. The lowest BCUT2D eigenvalue weighted by molar-refractivity contribution is -0.374. The van der Waals surface area contributed by atoms with Gasteiger partial charge in [0.25, 0.3) is 0 Å². The summed E-state index contributed by atoms with van der Waals surface area (Å²) in [6.07, 6.45) is -31.5. The second-order valence-electron chi connectivity index (χ2n) is 12.6. The topological polar surface area (TPSA) is 366 Å². The van der Waals surface area contributed by atoms with Gasteiger partial charge in [0.1, 0.15) is 97.5 Å². The Balaban J connectivity index is 1.58. The Hall–Kier alpha value is -1.82. The maximum absolute atomic E-state index is 12.3. The summed E-state index contributed by atoms with van der Waals surface area (Å²) in [7, 11) is 0. The molecule has 0 aromatic carbocycles. The summed E-state index contributed by atoms with van der Waals surface area (Å²) in [5, 5.41) is 130. The zero-order valence-electron chi connectivity index (χ0n) is 27.4.